The van der Waals surface area contributed by atoms with E-state index in [-0.39, 0.29) is 38.3 Å². The van der Waals surface area contributed by atoms with Gasteiger partial charge in [0.25, 0.3) is 0 Å². The monoisotopic (exact) mass is 466 g/mol. The van der Waals surface area contributed by atoms with E-state index in [0.717, 1.165) is 27.2 Å². The average Bonchev–Trinajstić information content (AvgIpc) is 3.39. The number of carbonyl (C=O) groups is 3. The van der Waals surface area contributed by atoms with Gasteiger partial charge in [-0.05, 0) is 35.1 Å². The summed E-state index contributed by atoms with van der Waals surface area (Å²) in [5, 5.41) is 22.2. The number of β-amino-alcohol motifs (C(OH)–C–C–N with tert-alkyl or cyclic N) is 1. The normalized spacial score (nSPS) is 19.4. The van der Waals surface area contributed by atoms with Gasteiger partial charge in [0.1, 0.15) is 18.2 Å². The zero-order chi connectivity index (χ0) is 24.5. The van der Waals surface area contributed by atoms with Crippen LogP contribution in [-0.2, 0) is 14.3 Å². The van der Waals surface area contributed by atoms with E-state index < -0.39 is 35.7 Å². The lowest BCUT2D eigenvalue weighted by Gasteiger charge is -2.36. The van der Waals surface area contributed by atoms with E-state index in [2.05, 4.69) is 17.4 Å². The first kappa shape index (κ1) is 23.8. The first-order valence-corrected chi connectivity index (χ1v) is 11.7. The second kappa shape index (κ2) is 9.46. The number of nitrogens with one attached hydrogen (secondary N) is 1. The number of amides is 2. The summed E-state index contributed by atoms with van der Waals surface area (Å²) >= 11 is 0. The number of hydrogen-bond acceptors (Lipinski definition) is 5. The minimum Gasteiger partial charge on any atom is -0.480 e. The van der Waals surface area contributed by atoms with Crippen molar-refractivity contribution in [3.05, 3.63) is 59.7 Å². The number of carbonyl (C=O) groups excluding carboxylic acids is 2. The molecule has 8 nitrogen and oxygen atoms in total. The van der Waals surface area contributed by atoms with Crippen LogP contribution in [0, 0.1) is 0 Å². The Hall–Kier alpha value is -3.39. The van der Waals surface area contributed by atoms with Gasteiger partial charge < -0.3 is 25.2 Å². The second-order valence-electron chi connectivity index (χ2n) is 8.94. The fourth-order valence-corrected chi connectivity index (χ4v) is 5.16. The predicted molar refractivity (Wildman–Crippen MR) is 125 cm³/mol. The average molecular weight is 467 g/mol. The molecule has 2 aromatic carbocycles. The molecule has 0 saturated carbocycles. The molecule has 1 aliphatic heterocycles. The van der Waals surface area contributed by atoms with E-state index in [0.29, 0.717) is 0 Å². The van der Waals surface area contributed by atoms with E-state index in [4.69, 9.17) is 4.74 Å². The molecule has 8 heteroatoms. The second-order valence-corrected chi connectivity index (χ2v) is 8.94. The molecule has 0 spiro atoms. The van der Waals surface area contributed by atoms with Crippen LogP contribution < -0.4 is 5.32 Å². The fraction of sp³-hybridized carbons (Fsp3) is 0.423. The molecule has 2 unspecified atom stereocenters. The Kier molecular flexibility index (Phi) is 6.61. The van der Waals surface area contributed by atoms with Crippen molar-refractivity contribution in [3.8, 4) is 11.1 Å². The lowest BCUT2D eigenvalue weighted by Crippen LogP contribution is -2.61. The van der Waals surface area contributed by atoms with Crippen LogP contribution >= 0.6 is 0 Å². The number of benzene rings is 2. The molecular weight excluding hydrogens is 436 g/mol. The van der Waals surface area contributed by atoms with Crippen LogP contribution in [0.5, 0.6) is 0 Å². The third-order valence-electron chi connectivity index (χ3n) is 7.13. The van der Waals surface area contributed by atoms with E-state index >= 15 is 0 Å². The summed E-state index contributed by atoms with van der Waals surface area (Å²) in [5.41, 5.74) is 3.08. The molecule has 0 bridgehead atoms. The number of aliphatic hydroxyl groups excluding tert-OH is 1. The molecule has 3 N–H and O–H groups in total. The third kappa shape index (κ3) is 4.14. The van der Waals surface area contributed by atoms with E-state index in [1.165, 1.54) is 0 Å². The number of aliphatic carboxylic acids is 1. The molecule has 2 aliphatic rings. The number of nitrogens with zero attached hydrogens (tertiary/aromatic N) is 1. The van der Waals surface area contributed by atoms with Crippen LogP contribution in [0.2, 0.25) is 0 Å². The summed E-state index contributed by atoms with van der Waals surface area (Å²) in [6.07, 6.45) is -1.16. The van der Waals surface area contributed by atoms with Gasteiger partial charge in [-0.1, -0.05) is 62.4 Å². The van der Waals surface area contributed by atoms with E-state index in [1.807, 2.05) is 36.4 Å². The molecule has 1 heterocycles. The highest BCUT2D eigenvalue weighted by atomic mass is 16.5. The molecule has 4 rings (SSSR count). The molecule has 1 aliphatic carbocycles. The number of carboxylic acid groups (broad SMARTS) is 1. The number of carboxylic acids is 1. The summed E-state index contributed by atoms with van der Waals surface area (Å²) in [4.78, 5) is 39.1. The number of aliphatic hydroxyl groups is 1. The molecular formula is C26H30N2O6. The van der Waals surface area contributed by atoms with Crippen molar-refractivity contribution in [2.75, 3.05) is 13.2 Å². The van der Waals surface area contributed by atoms with Crippen molar-refractivity contribution in [1.29, 1.82) is 0 Å². The van der Waals surface area contributed by atoms with Gasteiger partial charge in [0.15, 0.2) is 0 Å². The van der Waals surface area contributed by atoms with Crippen LogP contribution in [0.25, 0.3) is 11.1 Å². The topological polar surface area (TPSA) is 116 Å². The first-order chi connectivity index (χ1) is 16.3. The van der Waals surface area contributed by atoms with Crippen molar-refractivity contribution in [3.63, 3.8) is 0 Å². The minimum atomic E-state index is -1.32. The molecule has 1 fully saturated rings. The SMILES string of the molecule is CCC(CC)(NC(=O)OCC1c2ccccc2-c2ccccc21)C(=O)N1CC(O)CC1C(=O)O. The van der Waals surface area contributed by atoms with Gasteiger partial charge in [0.05, 0.1) is 6.10 Å². The maximum atomic E-state index is 13.4. The maximum absolute atomic E-state index is 13.4. The molecule has 2 amide bonds. The molecule has 0 aromatic heterocycles. The molecule has 2 aromatic rings. The standard InChI is InChI=1S/C26H30N2O6/c1-3-26(4-2,24(32)28-14-16(29)13-22(28)23(30)31)27-25(33)34-15-21-19-11-7-5-9-17(19)18-10-6-8-12-20(18)21/h5-12,16,21-22,29H,3-4,13-15H2,1-2H3,(H,27,33)(H,30,31). The Morgan fingerprint density at radius 3 is 2.12 bits per heavy atom. The quantitative estimate of drug-likeness (QED) is 0.577. The Morgan fingerprint density at radius 2 is 1.59 bits per heavy atom. The molecule has 0 radical (unpaired) electrons. The summed E-state index contributed by atoms with van der Waals surface area (Å²) in [7, 11) is 0. The zero-order valence-corrected chi connectivity index (χ0v) is 19.4. The van der Waals surface area contributed by atoms with Crippen LogP contribution in [0.4, 0.5) is 4.79 Å². The predicted octanol–water partition coefficient (Wildman–Crippen LogP) is 3.13. The maximum Gasteiger partial charge on any atom is 0.408 e. The Bertz CT molecular complexity index is 1050. The largest absolute Gasteiger partial charge is 0.480 e. The number of likely N-dealkylation sites (tertiary alicyclic amines) is 1. The Morgan fingerprint density at radius 1 is 1.03 bits per heavy atom. The fourth-order valence-electron chi connectivity index (χ4n) is 5.16. The van der Waals surface area contributed by atoms with Crippen molar-refractivity contribution in [1.82, 2.24) is 10.2 Å². The highest BCUT2D eigenvalue weighted by Crippen LogP contribution is 2.44. The summed E-state index contributed by atoms with van der Waals surface area (Å²) in [5.74, 6) is -1.81. The van der Waals surface area contributed by atoms with Gasteiger partial charge in [-0.2, -0.15) is 0 Å². The summed E-state index contributed by atoms with van der Waals surface area (Å²) in [6.45, 7) is 3.54. The third-order valence-corrected chi connectivity index (χ3v) is 7.13. The van der Waals surface area contributed by atoms with E-state index in [1.54, 1.807) is 13.8 Å². The summed E-state index contributed by atoms with van der Waals surface area (Å²) < 4.78 is 5.62. The highest BCUT2D eigenvalue weighted by molar-refractivity contribution is 5.93. The lowest BCUT2D eigenvalue weighted by molar-refractivity contribution is -0.151. The summed E-state index contributed by atoms with van der Waals surface area (Å²) in [6, 6.07) is 14.9. The van der Waals surface area contributed by atoms with Crippen molar-refractivity contribution < 1.29 is 29.3 Å². The van der Waals surface area contributed by atoms with Crippen LogP contribution in [0.3, 0.4) is 0 Å². The molecule has 1 saturated heterocycles. The molecule has 2 atom stereocenters. The van der Waals surface area contributed by atoms with Crippen LogP contribution in [-0.4, -0.2) is 63.9 Å². The highest BCUT2D eigenvalue weighted by Gasteiger charge is 2.47. The number of rotatable bonds is 7. The Balaban J connectivity index is 1.49. The first-order valence-electron chi connectivity index (χ1n) is 11.7. The van der Waals surface area contributed by atoms with Crippen molar-refractivity contribution in [2.24, 2.45) is 0 Å². The Labute approximate surface area is 198 Å². The smallest absolute Gasteiger partial charge is 0.408 e. The number of fused-ring (bicyclic) bond motifs is 3. The van der Waals surface area contributed by atoms with Crippen molar-refractivity contribution >= 4 is 18.0 Å². The van der Waals surface area contributed by atoms with E-state index in [9.17, 15) is 24.6 Å². The minimum absolute atomic E-state index is 0.0322. The number of alkyl carbamates (subject to hydrolysis) is 1. The zero-order valence-electron chi connectivity index (χ0n) is 19.4. The molecule has 34 heavy (non-hydrogen) atoms. The van der Waals surface area contributed by atoms with Crippen molar-refractivity contribution in [2.45, 2.75) is 56.7 Å². The van der Waals surface area contributed by atoms with Crippen LogP contribution in [0.15, 0.2) is 48.5 Å². The van der Waals surface area contributed by atoms with Gasteiger partial charge in [-0.3, -0.25) is 4.79 Å². The number of ether oxygens (including phenoxy) is 1. The van der Waals surface area contributed by atoms with Crippen LogP contribution in [0.1, 0.15) is 50.2 Å². The van der Waals surface area contributed by atoms with Gasteiger partial charge >= 0.3 is 12.1 Å². The van der Waals surface area contributed by atoms with Gasteiger partial charge in [-0.15, -0.1) is 0 Å². The van der Waals surface area contributed by atoms with Gasteiger partial charge in [-0.25, -0.2) is 9.59 Å². The van der Waals surface area contributed by atoms with Gasteiger partial charge in [0, 0.05) is 18.9 Å². The molecule has 180 valence electrons. The number of hydrogen-bond donors (Lipinski definition) is 3. The lowest BCUT2D eigenvalue weighted by atomic mass is 9.90. The van der Waals surface area contributed by atoms with Gasteiger partial charge in [0.2, 0.25) is 5.91 Å².